The molecule has 7 nitrogen and oxygen atoms in total. The highest BCUT2D eigenvalue weighted by molar-refractivity contribution is 5.94. The number of nitrogens with zero attached hydrogens (tertiary/aromatic N) is 1. The van der Waals surface area contributed by atoms with Crippen molar-refractivity contribution in [3.8, 4) is 17.2 Å². The van der Waals surface area contributed by atoms with Gasteiger partial charge in [0.25, 0.3) is 0 Å². The number of esters is 1. The summed E-state index contributed by atoms with van der Waals surface area (Å²) in [5.74, 6) is 1.15. The van der Waals surface area contributed by atoms with Gasteiger partial charge in [0.15, 0.2) is 0 Å². The molecule has 3 aromatic rings. The van der Waals surface area contributed by atoms with Crippen LogP contribution in [0, 0.1) is 6.92 Å². The molecule has 1 aromatic heterocycles. The molecule has 0 atom stereocenters. The maximum Gasteiger partial charge on any atom is 0.338 e. The third-order valence-electron chi connectivity index (χ3n) is 4.24. The first-order valence-electron chi connectivity index (χ1n) is 9.18. The van der Waals surface area contributed by atoms with Crippen LogP contribution in [0.1, 0.15) is 28.7 Å². The number of methoxy groups -OCH3 is 1. The Morgan fingerprint density at radius 2 is 1.76 bits per heavy atom. The quantitative estimate of drug-likeness (QED) is 0.609. The lowest BCUT2D eigenvalue weighted by atomic mass is 10.2. The molecule has 29 heavy (non-hydrogen) atoms. The summed E-state index contributed by atoms with van der Waals surface area (Å²) in [6.45, 7) is 3.84. The average molecular weight is 394 g/mol. The molecule has 1 amide bonds. The number of anilines is 1. The van der Waals surface area contributed by atoms with E-state index in [0.717, 1.165) is 11.3 Å². The predicted molar refractivity (Wildman–Crippen MR) is 108 cm³/mol. The van der Waals surface area contributed by atoms with Crippen LogP contribution in [0.25, 0.3) is 11.5 Å². The zero-order valence-electron chi connectivity index (χ0n) is 16.5. The number of hydrogen-bond acceptors (Lipinski definition) is 6. The lowest BCUT2D eigenvalue weighted by Crippen LogP contribution is -2.15. The summed E-state index contributed by atoms with van der Waals surface area (Å²) in [6.07, 6.45) is 0.0745. The summed E-state index contributed by atoms with van der Waals surface area (Å²) in [5.41, 5.74) is 2.38. The molecule has 0 fully saturated rings. The van der Waals surface area contributed by atoms with Crippen LogP contribution in [0.2, 0.25) is 0 Å². The number of carbonyl (C=O) groups is 2. The second kappa shape index (κ2) is 9.05. The number of aromatic nitrogens is 1. The zero-order chi connectivity index (χ0) is 20.8. The molecule has 2 aromatic carbocycles. The fourth-order valence-corrected chi connectivity index (χ4v) is 2.71. The Hall–Kier alpha value is -3.61. The van der Waals surface area contributed by atoms with Crippen LogP contribution in [-0.2, 0) is 16.0 Å². The van der Waals surface area contributed by atoms with E-state index in [9.17, 15) is 9.59 Å². The third-order valence-corrected chi connectivity index (χ3v) is 4.24. The summed E-state index contributed by atoms with van der Waals surface area (Å²) < 4.78 is 15.8. The number of benzene rings is 2. The van der Waals surface area contributed by atoms with Crippen molar-refractivity contribution in [1.82, 2.24) is 4.98 Å². The van der Waals surface area contributed by atoms with Crippen LogP contribution in [-0.4, -0.2) is 30.6 Å². The number of hydrogen-bond donors (Lipinski definition) is 1. The first-order chi connectivity index (χ1) is 14.0. The van der Waals surface area contributed by atoms with Crippen LogP contribution >= 0.6 is 0 Å². The van der Waals surface area contributed by atoms with E-state index in [4.69, 9.17) is 13.9 Å². The van der Waals surface area contributed by atoms with Crippen molar-refractivity contribution in [3.63, 3.8) is 0 Å². The minimum absolute atomic E-state index is 0.0745. The molecule has 7 heteroatoms. The summed E-state index contributed by atoms with van der Waals surface area (Å²) >= 11 is 0. The fraction of sp³-hybridized carbons (Fsp3) is 0.227. The second-order valence-electron chi connectivity index (χ2n) is 6.27. The van der Waals surface area contributed by atoms with E-state index in [2.05, 4.69) is 10.3 Å². The molecule has 3 rings (SSSR count). The molecule has 0 unspecified atom stereocenters. The van der Waals surface area contributed by atoms with Gasteiger partial charge in [-0.05, 0) is 62.4 Å². The lowest BCUT2D eigenvalue weighted by molar-refractivity contribution is -0.115. The first-order valence-corrected chi connectivity index (χ1v) is 9.18. The van der Waals surface area contributed by atoms with E-state index >= 15 is 0 Å². The topological polar surface area (TPSA) is 90.7 Å². The highest BCUT2D eigenvalue weighted by atomic mass is 16.5. The zero-order valence-corrected chi connectivity index (χ0v) is 16.5. The second-order valence-corrected chi connectivity index (χ2v) is 6.27. The maximum atomic E-state index is 12.4. The normalized spacial score (nSPS) is 10.4. The number of rotatable bonds is 7. The van der Waals surface area contributed by atoms with Gasteiger partial charge in [-0.1, -0.05) is 0 Å². The number of amides is 1. The minimum Gasteiger partial charge on any atom is -0.497 e. The van der Waals surface area contributed by atoms with Gasteiger partial charge in [-0.15, -0.1) is 0 Å². The number of aryl methyl sites for hydroxylation is 1. The molecule has 1 N–H and O–H groups in total. The van der Waals surface area contributed by atoms with Crippen molar-refractivity contribution < 1.29 is 23.5 Å². The molecular formula is C22H22N2O5. The Balaban J connectivity index is 1.64. The minimum atomic E-state index is -0.394. The molecule has 0 saturated heterocycles. The summed E-state index contributed by atoms with van der Waals surface area (Å²) in [5, 5.41) is 2.79. The third kappa shape index (κ3) is 5.01. The molecule has 0 bridgehead atoms. The molecule has 0 aliphatic heterocycles. The Morgan fingerprint density at radius 1 is 1.07 bits per heavy atom. The SMILES string of the molecule is CCOC(=O)c1ccc(NC(=O)Cc2nc(-c3ccc(OC)cc3)oc2C)cc1. The predicted octanol–water partition coefficient (Wildman–Crippen LogP) is 4.02. The van der Waals surface area contributed by atoms with E-state index in [1.54, 1.807) is 45.2 Å². The van der Waals surface area contributed by atoms with E-state index < -0.39 is 5.97 Å². The van der Waals surface area contributed by atoms with Crippen molar-refractivity contribution in [2.45, 2.75) is 20.3 Å². The van der Waals surface area contributed by atoms with Crippen LogP contribution < -0.4 is 10.1 Å². The van der Waals surface area contributed by atoms with Crippen molar-refractivity contribution in [2.75, 3.05) is 19.0 Å². The molecule has 0 aliphatic carbocycles. The molecule has 150 valence electrons. The monoisotopic (exact) mass is 394 g/mol. The van der Waals surface area contributed by atoms with Gasteiger partial charge in [-0.3, -0.25) is 4.79 Å². The summed E-state index contributed by atoms with van der Waals surface area (Å²) in [4.78, 5) is 28.5. The van der Waals surface area contributed by atoms with Gasteiger partial charge in [-0.25, -0.2) is 9.78 Å². The van der Waals surface area contributed by atoms with E-state index in [1.807, 2.05) is 24.3 Å². The molecular weight excluding hydrogens is 372 g/mol. The van der Waals surface area contributed by atoms with Crippen molar-refractivity contribution in [3.05, 3.63) is 65.5 Å². The number of nitrogens with one attached hydrogen (secondary N) is 1. The Bertz CT molecular complexity index is 991. The van der Waals surface area contributed by atoms with Gasteiger partial charge >= 0.3 is 5.97 Å². The average Bonchev–Trinajstić information content (AvgIpc) is 3.09. The van der Waals surface area contributed by atoms with Crippen molar-refractivity contribution >= 4 is 17.6 Å². The number of carbonyl (C=O) groups excluding carboxylic acids is 2. The van der Waals surface area contributed by atoms with Gasteiger partial charge in [0.2, 0.25) is 11.8 Å². The van der Waals surface area contributed by atoms with Crippen LogP contribution in [0.4, 0.5) is 5.69 Å². The Morgan fingerprint density at radius 3 is 2.38 bits per heavy atom. The fourth-order valence-electron chi connectivity index (χ4n) is 2.71. The number of ether oxygens (including phenoxy) is 2. The first kappa shape index (κ1) is 20.1. The van der Waals surface area contributed by atoms with Crippen LogP contribution in [0.3, 0.4) is 0 Å². The van der Waals surface area contributed by atoms with E-state index in [0.29, 0.717) is 35.2 Å². The van der Waals surface area contributed by atoms with Gasteiger partial charge in [0.1, 0.15) is 11.5 Å². The van der Waals surface area contributed by atoms with Crippen molar-refractivity contribution in [1.29, 1.82) is 0 Å². The van der Waals surface area contributed by atoms with Gasteiger partial charge in [0, 0.05) is 11.3 Å². The molecule has 0 aliphatic rings. The smallest absolute Gasteiger partial charge is 0.338 e. The molecule has 0 radical (unpaired) electrons. The van der Waals surface area contributed by atoms with Crippen LogP contribution in [0.15, 0.2) is 52.9 Å². The Kier molecular flexibility index (Phi) is 6.29. The van der Waals surface area contributed by atoms with Crippen molar-refractivity contribution in [2.24, 2.45) is 0 Å². The van der Waals surface area contributed by atoms with E-state index in [-0.39, 0.29) is 12.3 Å². The van der Waals surface area contributed by atoms with Crippen LogP contribution in [0.5, 0.6) is 5.75 Å². The standard InChI is InChI=1S/C22H22N2O5/c1-4-28-22(26)16-5-9-17(10-6-16)23-20(25)13-19-14(2)29-21(24-19)15-7-11-18(27-3)12-8-15/h5-12H,4,13H2,1-3H3,(H,23,25). The molecule has 1 heterocycles. The highest BCUT2D eigenvalue weighted by Crippen LogP contribution is 2.24. The summed E-state index contributed by atoms with van der Waals surface area (Å²) in [7, 11) is 1.60. The Labute approximate surface area is 168 Å². The van der Waals surface area contributed by atoms with Gasteiger partial charge < -0.3 is 19.2 Å². The van der Waals surface area contributed by atoms with E-state index in [1.165, 1.54) is 0 Å². The number of oxazole rings is 1. The lowest BCUT2D eigenvalue weighted by Gasteiger charge is -2.06. The highest BCUT2D eigenvalue weighted by Gasteiger charge is 2.15. The van der Waals surface area contributed by atoms with Gasteiger partial charge in [0.05, 0.1) is 31.4 Å². The largest absolute Gasteiger partial charge is 0.497 e. The summed E-state index contributed by atoms with van der Waals surface area (Å²) in [6, 6.07) is 13.9. The van der Waals surface area contributed by atoms with Gasteiger partial charge in [-0.2, -0.15) is 0 Å². The maximum absolute atomic E-state index is 12.4. The molecule has 0 saturated carbocycles. The molecule has 0 spiro atoms.